The first-order valence-corrected chi connectivity index (χ1v) is 21.9. The number of ketones is 2. The van der Waals surface area contributed by atoms with Crippen LogP contribution in [0.25, 0.3) is 5.76 Å². The first-order chi connectivity index (χ1) is 29.1. The Labute approximate surface area is 376 Å². The first kappa shape index (κ1) is 48.5. The van der Waals surface area contributed by atoms with Crippen LogP contribution in [0.3, 0.4) is 0 Å². The van der Waals surface area contributed by atoms with E-state index in [0.29, 0.717) is 12.8 Å². The molecular weight excluding hydrogens is 829 g/mol. The highest BCUT2D eigenvalue weighted by Gasteiger charge is 2.73. The van der Waals surface area contributed by atoms with E-state index in [4.69, 9.17) is 32.7 Å². The third kappa shape index (κ3) is 9.53. The second-order valence-corrected chi connectivity index (χ2v) is 19.3. The zero-order chi connectivity index (χ0) is 45.9. The minimum atomic E-state index is -1.53. The minimum absolute atomic E-state index is 0.0162. The Kier molecular flexibility index (Phi) is 15.3. The van der Waals surface area contributed by atoms with E-state index >= 15 is 9.59 Å². The van der Waals surface area contributed by atoms with Crippen LogP contribution in [0.15, 0.2) is 107 Å². The van der Waals surface area contributed by atoms with E-state index in [9.17, 15) is 19.0 Å². The van der Waals surface area contributed by atoms with Crippen LogP contribution in [0, 0.1) is 39.7 Å². The number of carbonyl (C=O) groups excluding carboxylic acids is 2. The molecular formula is C52H60Cl2F2O6. The van der Waals surface area contributed by atoms with Crippen molar-refractivity contribution in [2.24, 2.45) is 28.1 Å². The number of aliphatic hydroxyl groups is 2. The number of fused-ring (bicyclic) bond motifs is 2. The lowest BCUT2D eigenvalue weighted by atomic mass is 9.37. The number of halogens is 4. The van der Waals surface area contributed by atoms with Crippen molar-refractivity contribution in [1.82, 2.24) is 0 Å². The molecule has 2 N–H and O–H groups in total. The van der Waals surface area contributed by atoms with Crippen molar-refractivity contribution in [1.29, 1.82) is 0 Å². The quantitative estimate of drug-likeness (QED) is 0.0644. The fraction of sp³-hybridized carbons (Fsp3) is 0.423. The van der Waals surface area contributed by atoms with E-state index in [1.165, 1.54) is 54.6 Å². The Bertz CT molecular complexity index is 2310. The first-order valence-electron chi connectivity index (χ1n) is 21.1. The van der Waals surface area contributed by atoms with Crippen molar-refractivity contribution in [3.8, 4) is 11.5 Å². The smallest absolute Gasteiger partial charge is 0.179 e. The maximum Gasteiger partial charge on any atom is 0.179 e. The highest BCUT2D eigenvalue weighted by atomic mass is 35.5. The van der Waals surface area contributed by atoms with Gasteiger partial charge in [0.1, 0.15) is 36.2 Å². The normalized spacial score (nSPS) is 22.9. The fourth-order valence-electron chi connectivity index (χ4n) is 9.24. The van der Waals surface area contributed by atoms with Crippen LogP contribution in [0.5, 0.6) is 11.5 Å². The van der Waals surface area contributed by atoms with Crippen molar-refractivity contribution in [3.05, 3.63) is 146 Å². The molecule has 2 saturated carbocycles. The second-order valence-electron chi connectivity index (χ2n) is 18.4. The molecule has 3 aromatic rings. The zero-order valence-electron chi connectivity index (χ0n) is 37.4. The van der Waals surface area contributed by atoms with Gasteiger partial charge in [0.15, 0.2) is 23.1 Å². The zero-order valence-corrected chi connectivity index (χ0v) is 38.9. The molecule has 0 radical (unpaired) electrons. The third-order valence-electron chi connectivity index (χ3n) is 13.2. The van der Waals surface area contributed by atoms with Gasteiger partial charge in [-0.3, -0.25) is 9.59 Å². The lowest BCUT2D eigenvalue weighted by Gasteiger charge is -2.65. The number of aliphatic hydroxyl groups excluding tert-OH is 2. The van der Waals surface area contributed by atoms with Crippen molar-refractivity contribution >= 4 is 40.5 Å². The lowest BCUT2D eigenvalue weighted by molar-refractivity contribution is -0.208. The van der Waals surface area contributed by atoms with Crippen LogP contribution in [-0.4, -0.2) is 27.9 Å². The van der Waals surface area contributed by atoms with Crippen molar-refractivity contribution in [2.75, 3.05) is 0 Å². The van der Waals surface area contributed by atoms with Crippen LogP contribution in [0.4, 0.5) is 8.78 Å². The summed E-state index contributed by atoms with van der Waals surface area (Å²) in [6.07, 6.45) is 6.55. The molecule has 5 rings (SSSR count). The summed E-state index contributed by atoms with van der Waals surface area (Å²) >= 11 is 12.7. The number of Topliss-reactive ketones (excluding diaryl/α,β-unsaturated/α-hetero) is 2. The number of ether oxygens (including phenoxy) is 2. The standard InChI is InChI=1S/C52H60Cl2F2O6/c1-30(2)17-19-35(33(7)8)26-51-27-36(21-18-31(3)4)50(9,10)52(49(51)60,24-23-32(5)6)48(59)45(47(51)58)46(57)34-20-22-43(61-28-37-39(53)13-11-15-41(37)55)44(25-34)62-29-38-40(54)14-12-16-42(38)56/h11-18,20,22-23,25,35-36,49,57,60H,7,19,21,24,26-29H2,1-6,8-10H3. The van der Waals surface area contributed by atoms with Gasteiger partial charge in [-0.25, -0.2) is 8.78 Å². The largest absolute Gasteiger partial charge is 0.506 e. The van der Waals surface area contributed by atoms with Gasteiger partial charge in [-0.2, -0.15) is 0 Å². The number of hydrogen-bond acceptors (Lipinski definition) is 6. The molecule has 5 unspecified atom stereocenters. The molecule has 10 heteroatoms. The Balaban J connectivity index is 1.75. The van der Waals surface area contributed by atoms with Gasteiger partial charge in [0.2, 0.25) is 0 Å². The molecule has 2 bridgehead atoms. The predicted molar refractivity (Wildman–Crippen MR) is 245 cm³/mol. The van der Waals surface area contributed by atoms with Gasteiger partial charge in [-0.15, -0.1) is 0 Å². The minimum Gasteiger partial charge on any atom is -0.506 e. The van der Waals surface area contributed by atoms with Gasteiger partial charge in [0, 0.05) is 16.7 Å². The topological polar surface area (TPSA) is 93.1 Å². The molecule has 2 fully saturated rings. The summed E-state index contributed by atoms with van der Waals surface area (Å²) in [5.41, 5.74) is -0.122. The summed E-state index contributed by atoms with van der Waals surface area (Å²) < 4.78 is 42.0. The number of carbonyl (C=O) groups is 2. The maximum absolute atomic E-state index is 15.6. The molecule has 0 heterocycles. The molecule has 0 aromatic heterocycles. The SMILES string of the molecule is C=C(C)C(CC=C(C)C)CC12CC(CC=C(C)C)C(C)(C)C(CC=C(C)C)(C(=O)C(=C(O)c3ccc(OCc4c(F)cccc4Cl)c(OCc4c(F)cccc4Cl)c3)C1=O)C2O. The van der Waals surface area contributed by atoms with Gasteiger partial charge in [-0.05, 0) is 140 Å². The molecule has 5 atom stereocenters. The molecule has 6 nitrogen and oxygen atoms in total. The second kappa shape index (κ2) is 19.5. The monoisotopic (exact) mass is 888 g/mol. The Morgan fingerprint density at radius 3 is 1.89 bits per heavy atom. The summed E-state index contributed by atoms with van der Waals surface area (Å²) in [6.45, 7) is 21.4. The van der Waals surface area contributed by atoms with E-state index in [0.717, 1.165) is 22.3 Å². The summed E-state index contributed by atoms with van der Waals surface area (Å²) in [6, 6.07) is 12.8. The number of benzene rings is 3. The number of allylic oxidation sites excluding steroid dienone is 8. The van der Waals surface area contributed by atoms with Crippen LogP contribution in [-0.2, 0) is 22.8 Å². The average molecular weight is 890 g/mol. The van der Waals surface area contributed by atoms with E-state index in [-0.39, 0.29) is 82.5 Å². The molecule has 0 spiro atoms. The molecule has 2 aliphatic carbocycles. The van der Waals surface area contributed by atoms with Crippen LogP contribution >= 0.6 is 23.2 Å². The van der Waals surface area contributed by atoms with Gasteiger partial charge < -0.3 is 19.7 Å². The molecule has 332 valence electrons. The van der Waals surface area contributed by atoms with E-state index < -0.39 is 56.9 Å². The van der Waals surface area contributed by atoms with Crippen LogP contribution in [0.1, 0.15) is 111 Å². The molecule has 3 aromatic carbocycles. The van der Waals surface area contributed by atoms with Gasteiger partial charge >= 0.3 is 0 Å². The number of hydrogen-bond donors (Lipinski definition) is 2. The van der Waals surface area contributed by atoms with E-state index in [1.807, 2.05) is 68.4 Å². The third-order valence-corrected chi connectivity index (χ3v) is 13.9. The lowest BCUT2D eigenvalue weighted by Crippen LogP contribution is -2.71. The average Bonchev–Trinajstić information content (AvgIpc) is 3.19. The summed E-state index contributed by atoms with van der Waals surface area (Å²) in [7, 11) is 0. The Hall–Kier alpha value is -4.50. The highest BCUT2D eigenvalue weighted by molar-refractivity contribution is 6.32. The highest BCUT2D eigenvalue weighted by Crippen LogP contribution is 2.68. The summed E-state index contributed by atoms with van der Waals surface area (Å²) in [4.78, 5) is 31.2. The van der Waals surface area contributed by atoms with Gasteiger partial charge in [-0.1, -0.05) is 96.3 Å². The molecule has 2 aliphatic rings. The van der Waals surface area contributed by atoms with Crippen molar-refractivity contribution in [3.63, 3.8) is 0 Å². The number of rotatable bonds is 16. The van der Waals surface area contributed by atoms with E-state index in [1.54, 1.807) is 0 Å². The fourth-order valence-corrected chi connectivity index (χ4v) is 9.68. The van der Waals surface area contributed by atoms with Gasteiger partial charge in [0.25, 0.3) is 0 Å². The van der Waals surface area contributed by atoms with Crippen LogP contribution < -0.4 is 9.47 Å². The molecule has 0 aliphatic heterocycles. The molecule has 0 saturated heterocycles. The summed E-state index contributed by atoms with van der Waals surface area (Å²) in [5, 5.41) is 25.8. The molecule has 0 amide bonds. The summed E-state index contributed by atoms with van der Waals surface area (Å²) in [5.74, 6) is -3.42. The van der Waals surface area contributed by atoms with Crippen molar-refractivity contribution in [2.45, 2.75) is 114 Å². The van der Waals surface area contributed by atoms with E-state index in [2.05, 4.69) is 18.7 Å². The molecule has 62 heavy (non-hydrogen) atoms. The predicted octanol–water partition coefficient (Wildman–Crippen LogP) is 13.9. The maximum atomic E-state index is 15.6. The Morgan fingerprint density at radius 2 is 1.37 bits per heavy atom. The van der Waals surface area contributed by atoms with Crippen LogP contribution in [0.2, 0.25) is 10.0 Å². The van der Waals surface area contributed by atoms with Gasteiger partial charge in [0.05, 0.1) is 27.0 Å². The van der Waals surface area contributed by atoms with Crippen molar-refractivity contribution < 1.29 is 38.1 Å². The Morgan fingerprint density at radius 1 is 0.823 bits per heavy atom.